The minimum atomic E-state index is -2.12. The zero-order chi connectivity index (χ0) is 27.3. The molecule has 0 aromatic heterocycles. The molecule has 2 aliphatic rings. The van der Waals surface area contributed by atoms with Gasteiger partial charge in [-0.25, -0.2) is 9.59 Å². The van der Waals surface area contributed by atoms with Crippen molar-refractivity contribution in [1.29, 1.82) is 0 Å². The van der Waals surface area contributed by atoms with E-state index in [0.29, 0.717) is 25.9 Å². The number of hydrogen-bond acceptors (Lipinski definition) is 5. The number of allylic oxidation sites excluding steroid dienone is 1. The van der Waals surface area contributed by atoms with E-state index in [1.165, 1.54) is 0 Å². The number of urea groups is 1. The van der Waals surface area contributed by atoms with Crippen molar-refractivity contribution in [3.05, 3.63) is 25.3 Å². The summed E-state index contributed by atoms with van der Waals surface area (Å²) in [7, 11) is -0.335. The van der Waals surface area contributed by atoms with Crippen molar-refractivity contribution in [3.63, 3.8) is 0 Å². The summed E-state index contributed by atoms with van der Waals surface area (Å²) in [4.78, 5) is 43.0. The molecule has 0 aromatic rings. The van der Waals surface area contributed by atoms with Gasteiger partial charge in [-0.05, 0) is 50.7 Å². The molecule has 0 bridgehead atoms. The highest BCUT2D eigenvalue weighted by Gasteiger charge is 2.62. The first-order valence-corrected chi connectivity index (χ1v) is 16.1. The lowest BCUT2D eigenvalue weighted by Crippen LogP contribution is -2.55. The number of rotatable bonds is 12. The van der Waals surface area contributed by atoms with Crippen LogP contribution in [0.5, 0.6) is 0 Å². The van der Waals surface area contributed by atoms with Crippen LogP contribution in [0.4, 0.5) is 4.79 Å². The van der Waals surface area contributed by atoms with Crippen LogP contribution in [0.1, 0.15) is 59.8 Å². The summed E-state index contributed by atoms with van der Waals surface area (Å²) in [6.07, 6.45) is 6.91. The van der Waals surface area contributed by atoms with Gasteiger partial charge in [-0.3, -0.25) is 4.79 Å². The van der Waals surface area contributed by atoms with Crippen LogP contribution in [0, 0.1) is 5.92 Å². The average molecular weight is 522 g/mol. The lowest BCUT2D eigenvalue weighted by molar-refractivity contribution is -0.147. The number of carbonyl (C=O) groups excluding carboxylic acids is 3. The number of likely N-dealkylation sites (tertiary alicyclic amines) is 1. The average Bonchev–Trinajstić information content (AvgIpc) is 3.35. The molecule has 1 saturated heterocycles. The highest BCUT2D eigenvalue weighted by Crippen LogP contribution is 2.46. The lowest BCUT2D eigenvalue weighted by Gasteiger charge is -2.38. The molecule has 1 aliphatic heterocycles. The highest BCUT2D eigenvalue weighted by molar-refractivity contribution is 6.74. The quantitative estimate of drug-likeness (QED) is 0.177. The van der Waals surface area contributed by atoms with Crippen molar-refractivity contribution in [3.8, 4) is 0 Å². The Balaban J connectivity index is 2.23. The summed E-state index contributed by atoms with van der Waals surface area (Å²) in [5.41, 5.74) is -1.11. The van der Waals surface area contributed by atoms with Crippen molar-refractivity contribution in [2.45, 2.75) is 95.6 Å². The third-order valence-electron chi connectivity index (χ3n) is 7.87. The maximum absolute atomic E-state index is 13.6. The molecule has 0 radical (unpaired) electrons. The van der Waals surface area contributed by atoms with Crippen LogP contribution in [0.2, 0.25) is 18.1 Å². The summed E-state index contributed by atoms with van der Waals surface area (Å²) in [5.74, 6) is -0.755. The third-order valence-corrected chi connectivity index (χ3v) is 12.4. The molecule has 1 saturated carbocycles. The number of ether oxygens (including phenoxy) is 1. The summed E-state index contributed by atoms with van der Waals surface area (Å²) in [5, 5.41) is 2.91. The minimum absolute atomic E-state index is 0.00327. The van der Waals surface area contributed by atoms with Gasteiger partial charge >= 0.3 is 12.0 Å². The van der Waals surface area contributed by atoms with Gasteiger partial charge in [0.2, 0.25) is 5.91 Å². The van der Waals surface area contributed by atoms with Gasteiger partial charge in [-0.1, -0.05) is 32.9 Å². The fourth-order valence-electron chi connectivity index (χ4n) is 4.46. The molecule has 8 nitrogen and oxygen atoms in total. The SMILES string of the molecule is C=CCCCCN(C)C(=O)C1CC(O[Si](C)(C)C(C)(C)C)CN1C(=O)N[C@]1(C(=O)OCC)CC1C=C. The molecule has 0 spiro atoms. The van der Waals surface area contributed by atoms with Crippen LogP contribution < -0.4 is 5.32 Å². The molecule has 4 atom stereocenters. The maximum atomic E-state index is 13.6. The van der Waals surface area contributed by atoms with Crippen LogP contribution in [0.3, 0.4) is 0 Å². The van der Waals surface area contributed by atoms with Gasteiger partial charge in [0.25, 0.3) is 0 Å². The van der Waals surface area contributed by atoms with Gasteiger partial charge in [-0.15, -0.1) is 13.2 Å². The van der Waals surface area contributed by atoms with Crippen molar-refractivity contribution in [2.24, 2.45) is 5.92 Å². The molecule has 1 aliphatic carbocycles. The van der Waals surface area contributed by atoms with E-state index in [-0.39, 0.29) is 29.6 Å². The van der Waals surface area contributed by atoms with Crippen LogP contribution in [0.15, 0.2) is 25.3 Å². The second-order valence-corrected chi connectivity index (χ2v) is 16.4. The molecule has 1 N–H and O–H groups in total. The third kappa shape index (κ3) is 6.79. The molecule has 36 heavy (non-hydrogen) atoms. The number of hydrogen-bond donors (Lipinski definition) is 1. The molecule has 2 fully saturated rings. The first-order chi connectivity index (χ1) is 16.7. The van der Waals surface area contributed by atoms with Gasteiger partial charge in [0.1, 0.15) is 11.6 Å². The number of nitrogens with zero attached hydrogens (tertiary/aromatic N) is 2. The van der Waals surface area contributed by atoms with E-state index in [9.17, 15) is 14.4 Å². The molecular formula is C27H47N3O5Si. The van der Waals surface area contributed by atoms with E-state index in [1.54, 1.807) is 29.8 Å². The number of esters is 1. The second-order valence-electron chi connectivity index (χ2n) is 11.6. The number of likely N-dealkylation sites (N-methyl/N-ethyl adjacent to an activating group) is 1. The van der Waals surface area contributed by atoms with Crippen LogP contribution >= 0.6 is 0 Å². The van der Waals surface area contributed by atoms with Crippen molar-refractivity contribution >= 4 is 26.2 Å². The molecule has 204 valence electrons. The number of unbranched alkanes of at least 4 members (excludes halogenated alkanes) is 2. The number of amides is 3. The van der Waals surface area contributed by atoms with Gasteiger partial charge in [-0.2, -0.15) is 0 Å². The summed E-state index contributed by atoms with van der Waals surface area (Å²) in [6.45, 7) is 21.3. The molecule has 3 unspecified atom stereocenters. The highest BCUT2D eigenvalue weighted by atomic mass is 28.4. The minimum Gasteiger partial charge on any atom is -0.464 e. The van der Waals surface area contributed by atoms with E-state index in [4.69, 9.17) is 9.16 Å². The lowest BCUT2D eigenvalue weighted by atomic mass is 10.1. The Morgan fingerprint density at radius 2 is 1.89 bits per heavy atom. The van der Waals surface area contributed by atoms with E-state index in [1.807, 2.05) is 6.08 Å². The standard InChI is InChI=1S/C27H47N3O5Si/c1-10-13-14-15-16-29(7)23(31)22-17-21(35-36(8,9)26(4,5)6)19-30(22)25(33)28-27(18-20(27)11-2)24(32)34-12-3/h10-11,20-22H,1-2,12-19H2,3-9H3,(H,28,33)/t20?,21?,22?,27-/m1/s1. The van der Waals surface area contributed by atoms with Crippen LogP contribution in [-0.2, 0) is 18.8 Å². The predicted molar refractivity (Wildman–Crippen MR) is 145 cm³/mol. The van der Waals surface area contributed by atoms with E-state index in [0.717, 1.165) is 19.3 Å². The Hall–Kier alpha value is -2.13. The molecular weight excluding hydrogens is 474 g/mol. The first kappa shape index (κ1) is 30.1. The van der Waals surface area contributed by atoms with Crippen LogP contribution in [0.25, 0.3) is 0 Å². The maximum Gasteiger partial charge on any atom is 0.332 e. The topological polar surface area (TPSA) is 88.2 Å². The first-order valence-electron chi connectivity index (χ1n) is 13.2. The van der Waals surface area contributed by atoms with Gasteiger partial charge < -0.3 is 24.3 Å². The number of carbonyl (C=O) groups is 3. The molecule has 0 aromatic carbocycles. The zero-order valence-electron chi connectivity index (χ0n) is 23.4. The van der Waals surface area contributed by atoms with E-state index < -0.39 is 31.9 Å². The predicted octanol–water partition coefficient (Wildman–Crippen LogP) is 4.48. The van der Waals surface area contributed by atoms with Gasteiger partial charge in [0, 0.05) is 32.5 Å². The fourth-order valence-corrected chi connectivity index (χ4v) is 5.82. The molecule has 9 heteroatoms. The Kier molecular flexibility index (Phi) is 9.98. The Bertz CT molecular complexity index is 840. The largest absolute Gasteiger partial charge is 0.464 e. The molecule has 2 rings (SSSR count). The summed E-state index contributed by atoms with van der Waals surface area (Å²) >= 11 is 0. The Morgan fingerprint density at radius 3 is 2.42 bits per heavy atom. The summed E-state index contributed by atoms with van der Waals surface area (Å²) < 4.78 is 11.9. The van der Waals surface area contributed by atoms with E-state index in [2.05, 4.69) is 52.3 Å². The van der Waals surface area contributed by atoms with Crippen molar-refractivity contribution in [2.75, 3.05) is 26.7 Å². The van der Waals surface area contributed by atoms with Crippen LogP contribution in [-0.4, -0.2) is 80.5 Å². The van der Waals surface area contributed by atoms with E-state index >= 15 is 0 Å². The molecule has 1 heterocycles. The fraction of sp³-hybridized carbons (Fsp3) is 0.741. The molecule has 3 amide bonds. The van der Waals surface area contributed by atoms with Crippen molar-refractivity contribution in [1.82, 2.24) is 15.1 Å². The van der Waals surface area contributed by atoms with Crippen molar-refractivity contribution < 1.29 is 23.5 Å². The smallest absolute Gasteiger partial charge is 0.332 e. The van der Waals surface area contributed by atoms with Gasteiger partial charge in [0.05, 0.1) is 12.7 Å². The number of nitrogens with one attached hydrogen (secondary N) is 1. The zero-order valence-corrected chi connectivity index (χ0v) is 24.4. The summed E-state index contributed by atoms with van der Waals surface area (Å²) in [6, 6.07) is -1.09. The Morgan fingerprint density at radius 1 is 1.22 bits per heavy atom. The Labute approximate surface area is 218 Å². The monoisotopic (exact) mass is 521 g/mol. The normalized spacial score (nSPS) is 25.8. The van der Waals surface area contributed by atoms with Gasteiger partial charge in [0.15, 0.2) is 8.32 Å². The second kappa shape index (κ2) is 11.9.